The van der Waals surface area contributed by atoms with Crippen LogP contribution in [0.15, 0.2) is 42.7 Å². The van der Waals surface area contributed by atoms with E-state index in [1.54, 1.807) is 12.1 Å². The third-order valence-electron chi connectivity index (χ3n) is 2.78. The Morgan fingerprint density at radius 1 is 1.25 bits per heavy atom. The van der Waals surface area contributed by atoms with Crippen molar-refractivity contribution in [2.24, 2.45) is 0 Å². The second kappa shape index (κ2) is 5.26. The van der Waals surface area contributed by atoms with Gasteiger partial charge in [-0.3, -0.25) is 9.20 Å². The van der Waals surface area contributed by atoms with Crippen LogP contribution in [0.4, 0.5) is 0 Å². The zero-order valence-corrected chi connectivity index (χ0v) is 11.1. The monoisotopic (exact) mass is 287 g/mol. The van der Waals surface area contributed by atoms with Crippen molar-refractivity contribution in [3.8, 4) is 0 Å². The van der Waals surface area contributed by atoms with Gasteiger partial charge in [0.25, 0.3) is 5.91 Å². The Bertz CT molecular complexity index is 753. The van der Waals surface area contributed by atoms with Gasteiger partial charge in [0.05, 0.1) is 12.1 Å². The summed E-state index contributed by atoms with van der Waals surface area (Å²) in [7, 11) is 0. The van der Waals surface area contributed by atoms with Crippen molar-refractivity contribution in [1.82, 2.24) is 24.9 Å². The average molecular weight is 288 g/mol. The van der Waals surface area contributed by atoms with Crippen LogP contribution in [0.3, 0.4) is 0 Å². The molecule has 0 fully saturated rings. The lowest BCUT2D eigenvalue weighted by Crippen LogP contribution is -2.24. The van der Waals surface area contributed by atoms with Crippen molar-refractivity contribution in [2.75, 3.05) is 0 Å². The first-order chi connectivity index (χ1) is 9.74. The topological polar surface area (TPSA) is 72.2 Å². The van der Waals surface area contributed by atoms with Crippen LogP contribution < -0.4 is 5.32 Å². The van der Waals surface area contributed by atoms with E-state index in [-0.39, 0.29) is 12.5 Å². The Morgan fingerprint density at radius 3 is 2.95 bits per heavy atom. The zero-order valence-electron chi connectivity index (χ0n) is 10.3. The van der Waals surface area contributed by atoms with Gasteiger partial charge in [0.1, 0.15) is 5.15 Å². The largest absolute Gasteiger partial charge is 0.345 e. The van der Waals surface area contributed by atoms with Crippen molar-refractivity contribution in [1.29, 1.82) is 0 Å². The van der Waals surface area contributed by atoms with Gasteiger partial charge < -0.3 is 5.32 Å². The Morgan fingerprint density at radius 2 is 2.15 bits per heavy atom. The van der Waals surface area contributed by atoms with Gasteiger partial charge in [-0.05, 0) is 24.3 Å². The molecule has 3 rings (SSSR count). The molecule has 0 aliphatic carbocycles. The molecular formula is C13H10ClN5O. The molecule has 0 aromatic carbocycles. The molecule has 1 amide bonds. The molecule has 0 bridgehead atoms. The van der Waals surface area contributed by atoms with Crippen LogP contribution in [0.1, 0.15) is 16.2 Å². The van der Waals surface area contributed by atoms with E-state index in [1.165, 1.54) is 6.20 Å². The van der Waals surface area contributed by atoms with Crippen LogP contribution in [0.2, 0.25) is 5.15 Å². The highest BCUT2D eigenvalue weighted by molar-refractivity contribution is 6.29. The van der Waals surface area contributed by atoms with Crippen LogP contribution in [0, 0.1) is 0 Å². The first kappa shape index (κ1) is 12.6. The molecular weight excluding hydrogens is 278 g/mol. The number of hydrogen-bond donors (Lipinski definition) is 1. The van der Waals surface area contributed by atoms with Gasteiger partial charge in [0, 0.05) is 12.4 Å². The lowest BCUT2D eigenvalue weighted by Gasteiger charge is -2.04. The summed E-state index contributed by atoms with van der Waals surface area (Å²) in [4.78, 5) is 15.8. The molecule has 3 aromatic heterocycles. The lowest BCUT2D eigenvalue weighted by molar-refractivity contribution is 0.0949. The molecule has 0 radical (unpaired) electrons. The van der Waals surface area contributed by atoms with Gasteiger partial charge in [-0.15, -0.1) is 10.2 Å². The number of carbonyl (C=O) groups excluding carboxylic acids is 1. The van der Waals surface area contributed by atoms with E-state index >= 15 is 0 Å². The molecule has 20 heavy (non-hydrogen) atoms. The molecule has 0 aliphatic heterocycles. The molecule has 100 valence electrons. The van der Waals surface area contributed by atoms with Crippen molar-refractivity contribution in [3.05, 3.63) is 59.3 Å². The molecule has 6 nitrogen and oxygen atoms in total. The maximum atomic E-state index is 11.9. The third-order valence-corrected chi connectivity index (χ3v) is 3.00. The minimum Gasteiger partial charge on any atom is -0.345 e. The first-order valence-corrected chi connectivity index (χ1v) is 6.30. The smallest absolute Gasteiger partial charge is 0.253 e. The quantitative estimate of drug-likeness (QED) is 0.744. The van der Waals surface area contributed by atoms with E-state index in [0.29, 0.717) is 16.5 Å². The van der Waals surface area contributed by atoms with Gasteiger partial charge in [0.2, 0.25) is 0 Å². The fourth-order valence-electron chi connectivity index (χ4n) is 1.78. The Labute approximate surface area is 119 Å². The normalized spacial score (nSPS) is 10.7. The van der Waals surface area contributed by atoms with Crippen molar-refractivity contribution >= 4 is 23.2 Å². The molecule has 0 saturated carbocycles. The van der Waals surface area contributed by atoms with Gasteiger partial charge in [-0.25, -0.2) is 4.98 Å². The fourth-order valence-corrected chi connectivity index (χ4v) is 1.89. The van der Waals surface area contributed by atoms with Gasteiger partial charge in [0.15, 0.2) is 11.5 Å². The van der Waals surface area contributed by atoms with E-state index in [0.717, 1.165) is 5.65 Å². The minimum absolute atomic E-state index is 0.234. The molecule has 3 aromatic rings. The highest BCUT2D eigenvalue weighted by Crippen LogP contribution is 2.06. The van der Waals surface area contributed by atoms with E-state index < -0.39 is 0 Å². The summed E-state index contributed by atoms with van der Waals surface area (Å²) in [6.07, 6.45) is 3.28. The van der Waals surface area contributed by atoms with Crippen molar-refractivity contribution in [3.63, 3.8) is 0 Å². The van der Waals surface area contributed by atoms with Gasteiger partial charge in [-0.2, -0.15) is 0 Å². The highest BCUT2D eigenvalue weighted by atomic mass is 35.5. The van der Waals surface area contributed by atoms with E-state index in [4.69, 9.17) is 11.6 Å². The molecule has 0 unspecified atom stereocenters. The van der Waals surface area contributed by atoms with E-state index in [2.05, 4.69) is 20.5 Å². The predicted octanol–water partition coefficient (Wildman–Crippen LogP) is 1.71. The summed E-state index contributed by atoms with van der Waals surface area (Å²) < 4.78 is 1.82. The fraction of sp³-hybridized carbons (Fsp3) is 0.0769. The molecule has 1 N–H and O–H groups in total. The lowest BCUT2D eigenvalue weighted by atomic mass is 10.3. The van der Waals surface area contributed by atoms with Crippen LogP contribution >= 0.6 is 11.6 Å². The predicted molar refractivity (Wildman–Crippen MR) is 73.4 cm³/mol. The number of nitrogens with one attached hydrogen (secondary N) is 1. The van der Waals surface area contributed by atoms with Crippen LogP contribution in [0.25, 0.3) is 5.65 Å². The number of amides is 1. The number of rotatable bonds is 3. The second-order valence-electron chi connectivity index (χ2n) is 4.10. The molecule has 0 aliphatic rings. The van der Waals surface area contributed by atoms with Crippen LogP contribution in [0.5, 0.6) is 0 Å². The summed E-state index contributed by atoms with van der Waals surface area (Å²) in [5.41, 5.74) is 1.19. The van der Waals surface area contributed by atoms with Gasteiger partial charge >= 0.3 is 0 Å². The number of nitrogens with zero attached hydrogens (tertiary/aromatic N) is 4. The number of carbonyl (C=O) groups is 1. The van der Waals surface area contributed by atoms with Crippen molar-refractivity contribution < 1.29 is 4.79 Å². The highest BCUT2D eigenvalue weighted by Gasteiger charge is 2.09. The first-order valence-electron chi connectivity index (χ1n) is 5.92. The standard InChI is InChI=1S/C13H10ClN5O/c14-10-5-4-9(7-15-10)13(20)16-8-12-18-17-11-3-1-2-6-19(11)12/h1-7H,8H2,(H,16,20). The molecule has 0 atom stereocenters. The van der Waals surface area contributed by atoms with Crippen LogP contribution in [-0.4, -0.2) is 25.5 Å². The summed E-state index contributed by atoms with van der Waals surface area (Å²) in [5, 5.41) is 11.2. The summed E-state index contributed by atoms with van der Waals surface area (Å²) in [6, 6.07) is 8.80. The number of hydrogen-bond acceptors (Lipinski definition) is 4. The summed E-state index contributed by atoms with van der Waals surface area (Å²) >= 11 is 5.68. The molecule has 7 heteroatoms. The zero-order chi connectivity index (χ0) is 13.9. The van der Waals surface area contributed by atoms with Crippen molar-refractivity contribution in [2.45, 2.75) is 6.54 Å². The van der Waals surface area contributed by atoms with Gasteiger partial charge in [-0.1, -0.05) is 17.7 Å². The third kappa shape index (κ3) is 2.46. The Balaban J connectivity index is 1.73. The average Bonchev–Trinajstić information content (AvgIpc) is 2.89. The summed E-state index contributed by atoms with van der Waals surface area (Å²) in [6.45, 7) is 0.284. The number of pyridine rings is 2. The maximum absolute atomic E-state index is 11.9. The molecule has 3 heterocycles. The Hall–Kier alpha value is -2.47. The SMILES string of the molecule is O=C(NCc1nnc2ccccn12)c1ccc(Cl)nc1. The maximum Gasteiger partial charge on any atom is 0.253 e. The molecule has 0 spiro atoms. The van der Waals surface area contributed by atoms with E-state index in [9.17, 15) is 4.79 Å². The number of aromatic nitrogens is 4. The number of fused-ring (bicyclic) bond motifs is 1. The Kier molecular flexibility index (Phi) is 3.30. The van der Waals surface area contributed by atoms with Crippen LogP contribution in [-0.2, 0) is 6.54 Å². The minimum atomic E-state index is -0.234. The molecule has 0 saturated heterocycles. The number of halogens is 1. The summed E-state index contributed by atoms with van der Waals surface area (Å²) in [5.74, 6) is 0.428. The second-order valence-corrected chi connectivity index (χ2v) is 4.48. The van der Waals surface area contributed by atoms with E-state index in [1.807, 2.05) is 28.8 Å².